The van der Waals surface area contributed by atoms with E-state index in [1.807, 2.05) is 0 Å². The van der Waals surface area contributed by atoms with Crippen molar-refractivity contribution in [3.63, 3.8) is 0 Å². The number of carbonyl (C=O) groups excluding carboxylic acids is 1. The molecule has 0 aliphatic heterocycles. The number of amides is 1. The minimum atomic E-state index is -0.412. The fourth-order valence-electron chi connectivity index (χ4n) is 1.58. The maximum absolute atomic E-state index is 12.0. The molecule has 1 aromatic heterocycles. The molecule has 1 aromatic carbocycles. The van der Waals surface area contributed by atoms with Gasteiger partial charge in [-0.2, -0.15) is 0 Å². The van der Waals surface area contributed by atoms with Crippen LogP contribution < -0.4 is 5.32 Å². The number of carbonyl (C=O) groups is 1. The van der Waals surface area contributed by atoms with Crippen LogP contribution in [0.15, 0.2) is 35.1 Å². The Hall–Kier alpha value is -1.85. The molecule has 0 fully saturated rings. The number of aromatic nitrogens is 1. The number of nitrogens with one attached hydrogen (secondary N) is 1. The summed E-state index contributed by atoms with van der Waals surface area (Å²) in [5.74, 6) is -0.0986. The third-order valence-electron chi connectivity index (χ3n) is 2.55. The summed E-state index contributed by atoms with van der Waals surface area (Å²) < 4.78 is 5.25. The number of hydrogen-bond acceptors (Lipinski definition) is 4. The van der Waals surface area contributed by atoms with Gasteiger partial charge in [-0.3, -0.25) is 4.79 Å². The Kier molecular flexibility index (Phi) is 4.19. The molecule has 0 aliphatic rings. The SMILES string of the molecule is CC(CO)NC(=O)c1ncoc1-c1ccccc1Cl. The van der Waals surface area contributed by atoms with Crippen LogP contribution in [-0.4, -0.2) is 28.6 Å². The van der Waals surface area contributed by atoms with E-state index in [4.69, 9.17) is 21.1 Å². The number of nitrogens with zero attached hydrogens (tertiary/aromatic N) is 1. The first-order valence-electron chi connectivity index (χ1n) is 5.73. The maximum Gasteiger partial charge on any atom is 0.274 e. The van der Waals surface area contributed by atoms with E-state index in [9.17, 15) is 4.79 Å². The predicted molar refractivity (Wildman–Crippen MR) is 71.0 cm³/mol. The van der Waals surface area contributed by atoms with Gasteiger partial charge < -0.3 is 14.8 Å². The van der Waals surface area contributed by atoms with E-state index in [2.05, 4.69) is 10.3 Å². The van der Waals surface area contributed by atoms with E-state index in [-0.39, 0.29) is 18.3 Å². The van der Waals surface area contributed by atoms with E-state index in [1.54, 1.807) is 31.2 Å². The number of benzene rings is 1. The molecule has 0 saturated heterocycles. The number of oxazole rings is 1. The van der Waals surface area contributed by atoms with Crippen molar-refractivity contribution in [2.45, 2.75) is 13.0 Å². The van der Waals surface area contributed by atoms with E-state index in [0.717, 1.165) is 0 Å². The molecule has 19 heavy (non-hydrogen) atoms. The maximum atomic E-state index is 12.0. The van der Waals surface area contributed by atoms with Crippen molar-refractivity contribution >= 4 is 17.5 Å². The van der Waals surface area contributed by atoms with Crippen LogP contribution in [0.2, 0.25) is 5.02 Å². The second-order valence-corrected chi connectivity index (χ2v) is 4.47. The molecule has 1 amide bonds. The molecule has 0 radical (unpaired) electrons. The highest BCUT2D eigenvalue weighted by Crippen LogP contribution is 2.29. The van der Waals surface area contributed by atoms with Crippen LogP contribution in [0.5, 0.6) is 0 Å². The van der Waals surface area contributed by atoms with E-state index < -0.39 is 5.91 Å². The van der Waals surface area contributed by atoms with E-state index in [1.165, 1.54) is 6.39 Å². The third kappa shape index (κ3) is 2.94. The van der Waals surface area contributed by atoms with E-state index >= 15 is 0 Å². The summed E-state index contributed by atoms with van der Waals surface area (Å²) in [4.78, 5) is 15.9. The molecule has 0 aliphatic carbocycles. The smallest absolute Gasteiger partial charge is 0.274 e. The fraction of sp³-hybridized carbons (Fsp3) is 0.231. The van der Waals surface area contributed by atoms with Crippen molar-refractivity contribution in [1.29, 1.82) is 0 Å². The molecule has 0 spiro atoms. The zero-order valence-corrected chi connectivity index (χ0v) is 11.0. The van der Waals surface area contributed by atoms with Crippen LogP contribution in [0.4, 0.5) is 0 Å². The summed E-state index contributed by atoms with van der Waals surface area (Å²) in [5.41, 5.74) is 0.747. The van der Waals surface area contributed by atoms with Crippen molar-refractivity contribution < 1.29 is 14.3 Å². The standard InChI is InChI=1S/C13H13ClN2O3/c1-8(6-17)16-13(18)11-12(19-7-15-11)9-4-2-3-5-10(9)14/h2-5,7-8,17H,6H2,1H3,(H,16,18). The molecule has 1 heterocycles. The van der Waals surface area contributed by atoms with Gasteiger partial charge in [-0.15, -0.1) is 0 Å². The molecule has 100 valence electrons. The van der Waals surface area contributed by atoms with Gasteiger partial charge in [-0.05, 0) is 19.1 Å². The van der Waals surface area contributed by atoms with Crippen LogP contribution >= 0.6 is 11.6 Å². The second kappa shape index (κ2) is 5.86. The van der Waals surface area contributed by atoms with Crippen LogP contribution in [-0.2, 0) is 0 Å². The van der Waals surface area contributed by atoms with E-state index in [0.29, 0.717) is 16.3 Å². The zero-order valence-electron chi connectivity index (χ0n) is 10.3. The quantitative estimate of drug-likeness (QED) is 0.899. The lowest BCUT2D eigenvalue weighted by Crippen LogP contribution is -2.35. The topological polar surface area (TPSA) is 75.4 Å². The van der Waals surface area contributed by atoms with Crippen LogP contribution in [0.3, 0.4) is 0 Å². The highest BCUT2D eigenvalue weighted by atomic mass is 35.5. The van der Waals surface area contributed by atoms with Gasteiger partial charge in [-0.1, -0.05) is 23.7 Å². The number of hydrogen-bond donors (Lipinski definition) is 2. The van der Waals surface area contributed by atoms with Crippen molar-refractivity contribution in [3.05, 3.63) is 41.4 Å². The summed E-state index contributed by atoms with van der Waals surface area (Å²) in [5, 5.41) is 12.0. The largest absolute Gasteiger partial charge is 0.443 e. The third-order valence-corrected chi connectivity index (χ3v) is 2.88. The summed E-state index contributed by atoms with van der Waals surface area (Å²) in [6, 6.07) is 6.67. The molecule has 0 saturated carbocycles. The van der Waals surface area contributed by atoms with Gasteiger partial charge in [0.2, 0.25) is 0 Å². The molecular weight excluding hydrogens is 268 g/mol. The minimum Gasteiger partial charge on any atom is -0.443 e. The fourth-order valence-corrected chi connectivity index (χ4v) is 1.80. The number of halogens is 1. The number of aliphatic hydroxyl groups is 1. The lowest BCUT2D eigenvalue weighted by Gasteiger charge is -2.10. The molecule has 6 heteroatoms. The molecule has 0 bridgehead atoms. The lowest BCUT2D eigenvalue weighted by molar-refractivity contribution is 0.0918. The van der Waals surface area contributed by atoms with Gasteiger partial charge in [0.25, 0.3) is 5.91 Å². The summed E-state index contributed by atoms with van der Waals surface area (Å²) in [6.07, 6.45) is 1.19. The molecule has 2 rings (SSSR count). The Balaban J connectivity index is 2.33. The second-order valence-electron chi connectivity index (χ2n) is 4.07. The summed E-state index contributed by atoms with van der Waals surface area (Å²) >= 11 is 6.07. The van der Waals surface area contributed by atoms with Gasteiger partial charge in [0.1, 0.15) is 0 Å². The van der Waals surface area contributed by atoms with Crippen molar-refractivity contribution in [2.75, 3.05) is 6.61 Å². The molecule has 2 aromatic rings. The molecule has 1 atom stereocenters. The molecule has 5 nitrogen and oxygen atoms in total. The van der Waals surface area contributed by atoms with Crippen molar-refractivity contribution in [3.8, 4) is 11.3 Å². The predicted octanol–water partition coefficient (Wildman–Crippen LogP) is 2.11. The number of aliphatic hydroxyl groups excluding tert-OH is 1. The Morgan fingerprint density at radius 2 is 2.26 bits per heavy atom. The average Bonchev–Trinajstić information content (AvgIpc) is 2.88. The summed E-state index contributed by atoms with van der Waals surface area (Å²) in [7, 11) is 0. The van der Waals surface area contributed by atoms with Crippen molar-refractivity contribution in [1.82, 2.24) is 10.3 Å². The Labute approximate surface area is 115 Å². The highest BCUT2D eigenvalue weighted by molar-refractivity contribution is 6.33. The average molecular weight is 281 g/mol. The molecular formula is C13H13ClN2O3. The van der Waals surface area contributed by atoms with Crippen LogP contribution in [0, 0.1) is 0 Å². The Bertz CT molecular complexity index is 583. The molecule has 1 unspecified atom stereocenters. The van der Waals surface area contributed by atoms with Gasteiger partial charge in [0, 0.05) is 11.6 Å². The first-order chi connectivity index (χ1) is 9.13. The van der Waals surface area contributed by atoms with Gasteiger partial charge in [-0.25, -0.2) is 4.98 Å². The number of rotatable bonds is 4. The van der Waals surface area contributed by atoms with Gasteiger partial charge in [0.05, 0.1) is 11.6 Å². The monoisotopic (exact) mass is 280 g/mol. The lowest BCUT2D eigenvalue weighted by atomic mass is 10.1. The van der Waals surface area contributed by atoms with Crippen molar-refractivity contribution in [2.24, 2.45) is 0 Å². The Morgan fingerprint density at radius 1 is 1.53 bits per heavy atom. The van der Waals surface area contributed by atoms with Crippen LogP contribution in [0.25, 0.3) is 11.3 Å². The van der Waals surface area contributed by atoms with Crippen LogP contribution in [0.1, 0.15) is 17.4 Å². The first kappa shape index (κ1) is 13.6. The van der Waals surface area contributed by atoms with Gasteiger partial charge in [0.15, 0.2) is 17.8 Å². The zero-order chi connectivity index (χ0) is 13.8. The minimum absolute atomic E-state index is 0.147. The van der Waals surface area contributed by atoms with Gasteiger partial charge >= 0.3 is 0 Å². The normalized spacial score (nSPS) is 12.2. The first-order valence-corrected chi connectivity index (χ1v) is 6.11. The summed E-state index contributed by atoms with van der Waals surface area (Å²) in [6.45, 7) is 1.54. The highest BCUT2D eigenvalue weighted by Gasteiger charge is 2.20. The molecule has 2 N–H and O–H groups in total. The Morgan fingerprint density at radius 3 is 2.95 bits per heavy atom.